The Kier molecular flexibility index (Phi) is 6.84. The summed E-state index contributed by atoms with van der Waals surface area (Å²) in [4.78, 5) is 23.6. The maximum atomic E-state index is 11.9. The second-order valence-corrected chi connectivity index (χ2v) is 5.95. The van der Waals surface area contributed by atoms with Crippen LogP contribution in [0, 0.1) is 0 Å². The number of benzene rings is 1. The van der Waals surface area contributed by atoms with Crippen molar-refractivity contribution in [1.29, 1.82) is 0 Å². The van der Waals surface area contributed by atoms with Gasteiger partial charge in [-0.25, -0.2) is 0 Å². The summed E-state index contributed by atoms with van der Waals surface area (Å²) in [6, 6.07) is 6.99. The third-order valence-corrected chi connectivity index (χ3v) is 4.04. The van der Waals surface area contributed by atoms with Crippen LogP contribution in [0.1, 0.15) is 37.0 Å². The van der Waals surface area contributed by atoms with E-state index >= 15 is 0 Å². The lowest BCUT2D eigenvalue weighted by molar-refractivity contribution is -0.120. The molecule has 0 fully saturated rings. The Balaban J connectivity index is 2.41. The van der Waals surface area contributed by atoms with Crippen LogP contribution in [-0.2, 0) is 4.79 Å². The van der Waals surface area contributed by atoms with E-state index in [0.717, 1.165) is 17.3 Å². The highest BCUT2D eigenvalue weighted by Gasteiger charge is 2.20. The first-order chi connectivity index (χ1) is 9.90. The normalized spacial score (nSPS) is 11.0. The minimum absolute atomic E-state index is 0.0607. The molecule has 1 aromatic carbocycles. The van der Waals surface area contributed by atoms with E-state index in [-0.39, 0.29) is 23.9 Å². The number of nitrogens with two attached hydrogens (primary N) is 1. The molecular formula is C15H22BrN3O2. The van der Waals surface area contributed by atoms with Crippen LogP contribution in [0.15, 0.2) is 28.7 Å². The molecular weight excluding hydrogens is 334 g/mol. The van der Waals surface area contributed by atoms with Crippen molar-refractivity contribution < 1.29 is 9.59 Å². The van der Waals surface area contributed by atoms with Crippen molar-refractivity contribution in [3.8, 4) is 0 Å². The van der Waals surface area contributed by atoms with E-state index in [0.29, 0.717) is 12.1 Å². The SMILES string of the molecule is CCC(N)(CC)CNC(=O)CNC(=O)c1cccc(Br)c1. The van der Waals surface area contributed by atoms with Crippen LogP contribution in [0.4, 0.5) is 0 Å². The number of halogens is 1. The van der Waals surface area contributed by atoms with Gasteiger partial charge >= 0.3 is 0 Å². The van der Waals surface area contributed by atoms with Gasteiger partial charge in [-0.05, 0) is 31.0 Å². The molecule has 0 bridgehead atoms. The summed E-state index contributed by atoms with van der Waals surface area (Å²) in [6.07, 6.45) is 1.57. The first-order valence-electron chi connectivity index (χ1n) is 6.99. The number of carbonyl (C=O) groups excluding carboxylic acids is 2. The van der Waals surface area contributed by atoms with E-state index in [1.807, 2.05) is 19.9 Å². The standard InChI is InChI=1S/C15H22BrN3O2/c1-3-15(17,4-2)10-19-13(20)9-18-14(21)11-6-5-7-12(16)8-11/h5-8H,3-4,9-10,17H2,1-2H3,(H,18,21)(H,19,20). The van der Waals surface area contributed by atoms with Crippen LogP contribution in [0.5, 0.6) is 0 Å². The summed E-state index contributed by atoms with van der Waals surface area (Å²) >= 11 is 3.30. The Bertz CT molecular complexity index is 501. The number of nitrogens with one attached hydrogen (secondary N) is 2. The van der Waals surface area contributed by atoms with E-state index in [2.05, 4.69) is 26.6 Å². The van der Waals surface area contributed by atoms with E-state index in [4.69, 9.17) is 5.73 Å². The Morgan fingerprint density at radius 2 is 1.90 bits per heavy atom. The van der Waals surface area contributed by atoms with Crippen LogP contribution in [-0.4, -0.2) is 30.4 Å². The molecule has 0 aliphatic carbocycles. The number of hydrogen-bond acceptors (Lipinski definition) is 3. The Hall–Kier alpha value is -1.40. The van der Waals surface area contributed by atoms with Crippen molar-refractivity contribution >= 4 is 27.7 Å². The lowest BCUT2D eigenvalue weighted by Crippen LogP contribution is -2.50. The lowest BCUT2D eigenvalue weighted by atomic mass is 9.94. The average molecular weight is 356 g/mol. The zero-order chi connectivity index (χ0) is 15.9. The molecule has 5 nitrogen and oxygen atoms in total. The van der Waals surface area contributed by atoms with Crippen LogP contribution in [0.2, 0.25) is 0 Å². The van der Waals surface area contributed by atoms with Gasteiger partial charge in [-0.1, -0.05) is 35.8 Å². The molecule has 0 radical (unpaired) electrons. The Morgan fingerprint density at radius 3 is 2.48 bits per heavy atom. The van der Waals surface area contributed by atoms with Gasteiger partial charge in [-0.2, -0.15) is 0 Å². The summed E-state index contributed by atoms with van der Waals surface area (Å²) in [6.45, 7) is 4.33. The number of rotatable bonds is 7. The molecule has 6 heteroatoms. The van der Waals surface area contributed by atoms with Gasteiger partial charge in [0, 0.05) is 22.1 Å². The van der Waals surface area contributed by atoms with Gasteiger partial charge in [0.25, 0.3) is 5.91 Å². The molecule has 116 valence electrons. The first kappa shape index (κ1) is 17.7. The molecule has 1 rings (SSSR count). The largest absolute Gasteiger partial charge is 0.353 e. The topological polar surface area (TPSA) is 84.2 Å². The molecule has 2 amide bonds. The van der Waals surface area contributed by atoms with Gasteiger partial charge < -0.3 is 16.4 Å². The molecule has 0 aliphatic rings. The fourth-order valence-corrected chi connectivity index (χ4v) is 2.13. The molecule has 0 saturated carbocycles. The Morgan fingerprint density at radius 1 is 1.24 bits per heavy atom. The summed E-state index contributed by atoms with van der Waals surface area (Å²) in [7, 11) is 0. The van der Waals surface area contributed by atoms with Crippen molar-refractivity contribution in [2.24, 2.45) is 5.73 Å². The third-order valence-electron chi connectivity index (χ3n) is 3.54. The number of amides is 2. The van der Waals surface area contributed by atoms with Crippen molar-refractivity contribution in [2.45, 2.75) is 32.2 Å². The summed E-state index contributed by atoms with van der Waals surface area (Å²) in [5.74, 6) is -0.522. The van der Waals surface area contributed by atoms with Crippen LogP contribution < -0.4 is 16.4 Å². The summed E-state index contributed by atoms with van der Waals surface area (Å²) in [5, 5.41) is 5.34. The summed E-state index contributed by atoms with van der Waals surface area (Å²) in [5.41, 5.74) is 6.22. The molecule has 21 heavy (non-hydrogen) atoms. The zero-order valence-corrected chi connectivity index (χ0v) is 14.0. The fourth-order valence-electron chi connectivity index (χ4n) is 1.73. The van der Waals surface area contributed by atoms with Gasteiger partial charge in [-0.3, -0.25) is 9.59 Å². The molecule has 1 aromatic rings. The minimum Gasteiger partial charge on any atom is -0.353 e. The smallest absolute Gasteiger partial charge is 0.251 e. The van der Waals surface area contributed by atoms with E-state index in [1.165, 1.54) is 0 Å². The molecule has 0 aliphatic heterocycles. The molecule has 0 heterocycles. The predicted octanol–water partition coefficient (Wildman–Crippen LogP) is 1.81. The Labute approximate surface area is 133 Å². The maximum Gasteiger partial charge on any atom is 0.251 e. The monoisotopic (exact) mass is 355 g/mol. The minimum atomic E-state index is -0.385. The van der Waals surface area contributed by atoms with Crippen molar-refractivity contribution in [3.05, 3.63) is 34.3 Å². The molecule has 0 atom stereocenters. The quantitative estimate of drug-likeness (QED) is 0.697. The van der Waals surface area contributed by atoms with E-state index < -0.39 is 0 Å². The molecule has 0 saturated heterocycles. The first-order valence-corrected chi connectivity index (χ1v) is 7.79. The van der Waals surface area contributed by atoms with Gasteiger partial charge in [0.05, 0.1) is 6.54 Å². The second-order valence-electron chi connectivity index (χ2n) is 5.04. The average Bonchev–Trinajstić information content (AvgIpc) is 2.50. The van der Waals surface area contributed by atoms with Crippen molar-refractivity contribution in [1.82, 2.24) is 10.6 Å². The highest BCUT2D eigenvalue weighted by molar-refractivity contribution is 9.10. The van der Waals surface area contributed by atoms with Crippen molar-refractivity contribution in [2.75, 3.05) is 13.1 Å². The molecule has 0 spiro atoms. The lowest BCUT2D eigenvalue weighted by Gasteiger charge is -2.26. The van der Waals surface area contributed by atoms with Gasteiger partial charge in [0.1, 0.15) is 0 Å². The molecule has 4 N–H and O–H groups in total. The molecule has 0 aromatic heterocycles. The number of carbonyl (C=O) groups is 2. The highest BCUT2D eigenvalue weighted by atomic mass is 79.9. The number of hydrogen-bond donors (Lipinski definition) is 3. The van der Waals surface area contributed by atoms with Crippen LogP contribution in [0.25, 0.3) is 0 Å². The van der Waals surface area contributed by atoms with Gasteiger partial charge in [0.2, 0.25) is 5.91 Å². The van der Waals surface area contributed by atoms with E-state index in [1.54, 1.807) is 18.2 Å². The van der Waals surface area contributed by atoms with E-state index in [9.17, 15) is 9.59 Å². The predicted molar refractivity (Wildman–Crippen MR) is 87.0 cm³/mol. The van der Waals surface area contributed by atoms with Gasteiger partial charge in [-0.15, -0.1) is 0 Å². The summed E-state index contributed by atoms with van der Waals surface area (Å²) < 4.78 is 0.818. The third kappa shape index (κ3) is 5.85. The fraction of sp³-hybridized carbons (Fsp3) is 0.467. The zero-order valence-electron chi connectivity index (χ0n) is 12.4. The van der Waals surface area contributed by atoms with Crippen LogP contribution in [0.3, 0.4) is 0 Å². The second kappa shape index (κ2) is 8.14. The highest BCUT2D eigenvalue weighted by Crippen LogP contribution is 2.11. The van der Waals surface area contributed by atoms with Crippen LogP contribution >= 0.6 is 15.9 Å². The van der Waals surface area contributed by atoms with Crippen molar-refractivity contribution in [3.63, 3.8) is 0 Å². The maximum absolute atomic E-state index is 11.9. The molecule has 0 unspecified atom stereocenters. The van der Waals surface area contributed by atoms with Gasteiger partial charge in [0.15, 0.2) is 0 Å².